The fourth-order valence-corrected chi connectivity index (χ4v) is 1.85. The Hall–Kier alpha value is -1.63. The van der Waals surface area contributed by atoms with E-state index in [0.717, 1.165) is 0 Å². The lowest BCUT2D eigenvalue weighted by Gasteiger charge is -2.06. The summed E-state index contributed by atoms with van der Waals surface area (Å²) in [5.74, 6) is -0.991. The van der Waals surface area contributed by atoms with Gasteiger partial charge in [-0.05, 0) is 12.1 Å². The number of carboxylic acids is 1. The number of rotatable bonds is 6. The Morgan fingerprint density at radius 3 is 2.82 bits per heavy atom. The van der Waals surface area contributed by atoms with Gasteiger partial charge in [-0.15, -0.1) is 0 Å². The van der Waals surface area contributed by atoms with Crippen LogP contribution >= 0.6 is 0 Å². The summed E-state index contributed by atoms with van der Waals surface area (Å²) < 4.78 is 22.4. The molecule has 7 heteroatoms. The molecule has 0 saturated heterocycles. The molecule has 1 rings (SSSR count). The van der Waals surface area contributed by atoms with Crippen molar-refractivity contribution in [3.8, 4) is 0 Å². The maximum atomic E-state index is 11.2. The predicted octanol–water partition coefficient (Wildman–Crippen LogP) is 0.626. The third-order valence-electron chi connectivity index (χ3n) is 2.16. The van der Waals surface area contributed by atoms with E-state index >= 15 is 0 Å². The van der Waals surface area contributed by atoms with Crippen molar-refractivity contribution in [2.45, 2.75) is 6.92 Å². The van der Waals surface area contributed by atoms with Crippen LogP contribution in [0.15, 0.2) is 18.3 Å². The van der Waals surface area contributed by atoms with Crippen LogP contribution in [0.25, 0.3) is 0 Å². The number of hydrogen-bond donors (Lipinski definition) is 2. The number of nitrogens with one attached hydrogen (secondary N) is 1. The van der Waals surface area contributed by atoms with Gasteiger partial charge >= 0.3 is 5.97 Å². The standard InChI is InChI=1S/C10H14N2O4S/c1-2-17(15,16)6-5-11-8-3-4-12-9(7-8)10(13)14/h3-4,7H,2,5-6H2,1H3,(H,11,12)(H,13,14). The smallest absolute Gasteiger partial charge is 0.354 e. The van der Waals surface area contributed by atoms with Crippen LogP contribution in [0.5, 0.6) is 0 Å². The van der Waals surface area contributed by atoms with Crippen molar-refractivity contribution >= 4 is 21.5 Å². The molecule has 1 aromatic heterocycles. The van der Waals surface area contributed by atoms with E-state index in [9.17, 15) is 13.2 Å². The van der Waals surface area contributed by atoms with Gasteiger partial charge in [0.25, 0.3) is 0 Å². The van der Waals surface area contributed by atoms with Gasteiger partial charge in [-0.1, -0.05) is 6.92 Å². The number of sulfone groups is 1. The Bertz CT molecular complexity index is 499. The van der Waals surface area contributed by atoms with Gasteiger partial charge in [-0.25, -0.2) is 18.2 Å². The van der Waals surface area contributed by atoms with Crippen LogP contribution in [0.4, 0.5) is 5.69 Å². The first kappa shape index (κ1) is 13.4. The molecule has 0 atom stereocenters. The predicted molar refractivity (Wildman–Crippen MR) is 64.0 cm³/mol. The van der Waals surface area contributed by atoms with Gasteiger partial charge in [0.15, 0.2) is 9.84 Å². The van der Waals surface area contributed by atoms with E-state index in [1.165, 1.54) is 12.3 Å². The second-order valence-corrected chi connectivity index (χ2v) is 5.87. The zero-order valence-corrected chi connectivity index (χ0v) is 10.2. The molecule has 0 radical (unpaired) electrons. The number of hydrogen-bond acceptors (Lipinski definition) is 5. The molecule has 94 valence electrons. The third kappa shape index (κ3) is 4.39. The second kappa shape index (κ2) is 5.62. The molecule has 0 spiro atoms. The Morgan fingerprint density at radius 2 is 2.24 bits per heavy atom. The molecular weight excluding hydrogens is 244 g/mol. The molecule has 0 bridgehead atoms. The highest BCUT2D eigenvalue weighted by Gasteiger charge is 2.08. The van der Waals surface area contributed by atoms with E-state index in [0.29, 0.717) is 5.69 Å². The summed E-state index contributed by atoms with van der Waals surface area (Å²) in [5.41, 5.74) is 0.469. The first-order valence-electron chi connectivity index (χ1n) is 5.08. The zero-order valence-electron chi connectivity index (χ0n) is 9.38. The summed E-state index contributed by atoms with van der Waals surface area (Å²) in [4.78, 5) is 14.3. The van der Waals surface area contributed by atoms with Crippen molar-refractivity contribution in [1.29, 1.82) is 0 Å². The van der Waals surface area contributed by atoms with Crippen LogP contribution < -0.4 is 5.32 Å². The fourth-order valence-electron chi connectivity index (χ4n) is 1.15. The van der Waals surface area contributed by atoms with Crippen LogP contribution in [-0.4, -0.2) is 42.5 Å². The molecule has 1 heterocycles. The maximum Gasteiger partial charge on any atom is 0.354 e. The first-order valence-corrected chi connectivity index (χ1v) is 6.90. The number of carbonyl (C=O) groups is 1. The summed E-state index contributed by atoms with van der Waals surface area (Å²) in [6.45, 7) is 1.84. The summed E-state index contributed by atoms with van der Waals surface area (Å²) in [6.07, 6.45) is 1.36. The minimum atomic E-state index is -3.01. The molecule has 0 saturated carbocycles. The molecular formula is C10H14N2O4S. The molecule has 0 aliphatic heterocycles. The first-order chi connectivity index (χ1) is 7.94. The van der Waals surface area contributed by atoms with Crippen molar-refractivity contribution in [1.82, 2.24) is 4.98 Å². The fraction of sp³-hybridized carbons (Fsp3) is 0.400. The summed E-state index contributed by atoms with van der Waals surface area (Å²) in [7, 11) is -3.01. The zero-order chi connectivity index (χ0) is 12.9. The summed E-state index contributed by atoms with van der Waals surface area (Å²) in [6, 6.07) is 2.95. The van der Waals surface area contributed by atoms with Crippen molar-refractivity contribution in [3.63, 3.8) is 0 Å². The highest BCUT2D eigenvalue weighted by molar-refractivity contribution is 7.91. The van der Waals surface area contributed by atoms with Gasteiger partial charge in [0.1, 0.15) is 5.69 Å². The average molecular weight is 258 g/mol. The van der Waals surface area contributed by atoms with E-state index < -0.39 is 15.8 Å². The Balaban J connectivity index is 2.58. The second-order valence-electron chi connectivity index (χ2n) is 3.40. The molecule has 0 unspecified atom stereocenters. The lowest BCUT2D eigenvalue weighted by molar-refractivity contribution is 0.0690. The minimum absolute atomic E-state index is 0.0221. The number of anilines is 1. The van der Waals surface area contributed by atoms with Gasteiger partial charge < -0.3 is 10.4 Å². The molecule has 0 aliphatic carbocycles. The highest BCUT2D eigenvalue weighted by atomic mass is 32.2. The largest absolute Gasteiger partial charge is 0.477 e. The summed E-state index contributed by atoms with van der Waals surface area (Å²) >= 11 is 0. The molecule has 0 aliphatic rings. The molecule has 2 N–H and O–H groups in total. The number of nitrogens with zero attached hydrogens (tertiary/aromatic N) is 1. The Kier molecular flexibility index (Phi) is 4.45. The molecule has 0 aromatic carbocycles. The van der Waals surface area contributed by atoms with Crippen LogP contribution in [0.3, 0.4) is 0 Å². The normalized spacial score (nSPS) is 11.1. The van der Waals surface area contributed by atoms with E-state index in [1.54, 1.807) is 13.0 Å². The van der Waals surface area contributed by atoms with Gasteiger partial charge in [0.2, 0.25) is 0 Å². The monoisotopic (exact) mass is 258 g/mol. The van der Waals surface area contributed by atoms with E-state index in [2.05, 4.69) is 10.3 Å². The van der Waals surface area contributed by atoms with Crippen molar-refractivity contribution in [2.24, 2.45) is 0 Å². The van der Waals surface area contributed by atoms with Crippen molar-refractivity contribution in [2.75, 3.05) is 23.4 Å². The molecule has 6 nitrogen and oxygen atoms in total. The number of carboxylic acid groups (broad SMARTS) is 1. The SMILES string of the molecule is CCS(=O)(=O)CCNc1ccnc(C(=O)O)c1. The lowest BCUT2D eigenvalue weighted by Crippen LogP contribution is -2.17. The number of pyridine rings is 1. The van der Waals surface area contributed by atoms with Gasteiger partial charge in [0, 0.05) is 24.2 Å². The minimum Gasteiger partial charge on any atom is -0.477 e. The molecule has 1 aromatic rings. The quantitative estimate of drug-likeness (QED) is 0.776. The third-order valence-corrected chi connectivity index (χ3v) is 3.87. The van der Waals surface area contributed by atoms with Gasteiger partial charge in [-0.2, -0.15) is 0 Å². The van der Waals surface area contributed by atoms with Crippen LogP contribution in [0.1, 0.15) is 17.4 Å². The molecule has 0 fully saturated rings. The molecule has 0 amide bonds. The van der Waals surface area contributed by atoms with Gasteiger partial charge in [-0.3, -0.25) is 0 Å². The average Bonchev–Trinajstić information content (AvgIpc) is 2.29. The van der Waals surface area contributed by atoms with Crippen molar-refractivity contribution in [3.05, 3.63) is 24.0 Å². The topological polar surface area (TPSA) is 96.4 Å². The maximum absolute atomic E-state index is 11.2. The van der Waals surface area contributed by atoms with Gasteiger partial charge in [0.05, 0.1) is 5.75 Å². The Labute approximate surface area is 99.6 Å². The van der Waals surface area contributed by atoms with Crippen LogP contribution in [0, 0.1) is 0 Å². The Morgan fingerprint density at radius 1 is 1.53 bits per heavy atom. The summed E-state index contributed by atoms with van der Waals surface area (Å²) in [5, 5.41) is 11.6. The molecule has 17 heavy (non-hydrogen) atoms. The van der Waals surface area contributed by atoms with E-state index in [-0.39, 0.29) is 23.7 Å². The number of aromatic carboxylic acids is 1. The van der Waals surface area contributed by atoms with Crippen LogP contribution in [-0.2, 0) is 9.84 Å². The van der Waals surface area contributed by atoms with E-state index in [4.69, 9.17) is 5.11 Å². The highest BCUT2D eigenvalue weighted by Crippen LogP contribution is 2.07. The number of aromatic nitrogens is 1. The lowest BCUT2D eigenvalue weighted by atomic mass is 10.3. The van der Waals surface area contributed by atoms with Crippen LogP contribution in [0.2, 0.25) is 0 Å². The van der Waals surface area contributed by atoms with Crippen molar-refractivity contribution < 1.29 is 18.3 Å². The van der Waals surface area contributed by atoms with E-state index in [1.807, 2.05) is 0 Å².